The maximum absolute atomic E-state index is 5.40. The van der Waals surface area contributed by atoms with E-state index < -0.39 is 0 Å². The summed E-state index contributed by atoms with van der Waals surface area (Å²) in [6.45, 7) is 4.01. The first kappa shape index (κ1) is 13.8. The van der Waals surface area contributed by atoms with Crippen LogP contribution in [0, 0.1) is 6.92 Å². The zero-order valence-corrected chi connectivity index (χ0v) is 12.4. The topological polar surface area (TPSA) is 75.9 Å². The minimum absolute atomic E-state index is 0.146. The zero-order chi connectivity index (χ0) is 13.8. The molecule has 0 saturated heterocycles. The van der Waals surface area contributed by atoms with Gasteiger partial charge in [-0.3, -0.25) is 0 Å². The first-order valence-electron chi connectivity index (χ1n) is 5.92. The molecule has 0 aliphatic rings. The molecule has 0 bridgehead atoms. The molecule has 0 aliphatic heterocycles. The number of benzene rings is 1. The number of hydrogen-bond donors (Lipinski definition) is 3. The molecular formula is C13H16BrN5. The summed E-state index contributed by atoms with van der Waals surface area (Å²) in [5.74, 6) is 6.81. The maximum atomic E-state index is 5.40. The SMILES string of the molecule is Cc1c(NN)ncnc1NC(C)c1ccc(Br)cc1. The van der Waals surface area contributed by atoms with Gasteiger partial charge in [0.15, 0.2) is 0 Å². The number of nitrogens with two attached hydrogens (primary N) is 1. The Morgan fingerprint density at radius 1 is 1.16 bits per heavy atom. The molecule has 0 spiro atoms. The lowest BCUT2D eigenvalue weighted by atomic mass is 10.1. The number of hydrogen-bond acceptors (Lipinski definition) is 5. The standard InChI is InChI=1S/C13H16BrN5/c1-8-12(16-7-17-13(8)19-15)18-9(2)10-3-5-11(14)6-4-10/h3-7,9H,15H2,1-2H3,(H2,16,17,18,19). The summed E-state index contributed by atoms with van der Waals surface area (Å²) < 4.78 is 1.07. The highest BCUT2D eigenvalue weighted by atomic mass is 79.9. The van der Waals surface area contributed by atoms with E-state index in [1.54, 1.807) is 0 Å². The van der Waals surface area contributed by atoms with Gasteiger partial charge >= 0.3 is 0 Å². The van der Waals surface area contributed by atoms with E-state index in [9.17, 15) is 0 Å². The maximum Gasteiger partial charge on any atom is 0.148 e. The Kier molecular flexibility index (Phi) is 4.34. The van der Waals surface area contributed by atoms with Crippen LogP contribution in [0.25, 0.3) is 0 Å². The van der Waals surface area contributed by atoms with Crippen LogP contribution >= 0.6 is 15.9 Å². The normalized spacial score (nSPS) is 12.0. The zero-order valence-electron chi connectivity index (χ0n) is 10.8. The third kappa shape index (κ3) is 3.21. The Morgan fingerprint density at radius 2 is 1.79 bits per heavy atom. The fourth-order valence-electron chi connectivity index (χ4n) is 1.78. The predicted molar refractivity (Wildman–Crippen MR) is 80.8 cm³/mol. The predicted octanol–water partition coefficient (Wildman–Crippen LogP) is 3.01. The van der Waals surface area contributed by atoms with E-state index in [4.69, 9.17) is 5.84 Å². The number of hydrazine groups is 1. The van der Waals surface area contributed by atoms with E-state index >= 15 is 0 Å². The third-order valence-corrected chi connectivity index (χ3v) is 3.47. The van der Waals surface area contributed by atoms with Crippen LogP contribution in [0.15, 0.2) is 35.1 Å². The first-order valence-corrected chi connectivity index (χ1v) is 6.71. The van der Waals surface area contributed by atoms with Gasteiger partial charge in [0.2, 0.25) is 0 Å². The van der Waals surface area contributed by atoms with Gasteiger partial charge in [0, 0.05) is 16.1 Å². The fraction of sp³-hybridized carbons (Fsp3) is 0.231. The van der Waals surface area contributed by atoms with Gasteiger partial charge in [-0.2, -0.15) is 0 Å². The van der Waals surface area contributed by atoms with E-state index in [2.05, 4.69) is 55.7 Å². The van der Waals surface area contributed by atoms with Gasteiger partial charge in [0.25, 0.3) is 0 Å². The van der Waals surface area contributed by atoms with Crippen LogP contribution in [0.5, 0.6) is 0 Å². The van der Waals surface area contributed by atoms with Crippen molar-refractivity contribution in [1.82, 2.24) is 9.97 Å². The van der Waals surface area contributed by atoms with Crippen molar-refractivity contribution in [3.8, 4) is 0 Å². The lowest BCUT2D eigenvalue weighted by Gasteiger charge is -2.17. The Hall–Kier alpha value is -1.66. The highest BCUT2D eigenvalue weighted by molar-refractivity contribution is 9.10. The summed E-state index contributed by atoms with van der Waals surface area (Å²) in [5, 5.41) is 3.36. The summed E-state index contributed by atoms with van der Waals surface area (Å²) in [6, 6.07) is 8.33. The van der Waals surface area contributed by atoms with Crippen molar-refractivity contribution in [2.24, 2.45) is 5.84 Å². The molecule has 0 radical (unpaired) electrons. The molecular weight excluding hydrogens is 306 g/mol. The Labute approximate surface area is 120 Å². The van der Waals surface area contributed by atoms with Gasteiger partial charge in [-0.1, -0.05) is 28.1 Å². The van der Waals surface area contributed by atoms with E-state index in [1.165, 1.54) is 11.9 Å². The van der Waals surface area contributed by atoms with Crippen molar-refractivity contribution in [3.63, 3.8) is 0 Å². The lowest BCUT2D eigenvalue weighted by molar-refractivity contribution is 0.867. The summed E-state index contributed by atoms with van der Waals surface area (Å²) in [4.78, 5) is 8.30. The minimum atomic E-state index is 0.146. The molecule has 1 atom stereocenters. The molecule has 19 heavy (non-hydrogen) atoms. The molecule has 0 saturated carbocycles. The van der Waals surface area contributed by atoms with E-state index in [0.29, 0.717) is 5.82 Å². The minimum Gasteiger partial charge on any atom is -0.363 e. The second-order valence-corrected chi connectivity index (χ2v) is 5.17. The Morgan fingerprint density at radius 3 is 2.42 bits per heavy atom. The van der Waals surface area contributed by atoms with Crippen LogP contribution in [0.1, 0.15) is 24.1 Å². The second kappa shape index (κ2) is 5.99. The summed E-state index contributed by atoms with van der Waals surface area (Å²) in [5.41, 5.74) is 4.64. The van der Waals surface area contributed by atoms with Crippen LogP contribution in [0.3, 0.4) is 0 Å². The van der Waals surface area contributed by atoms with Crippen molar-refractivity contribution in [1.29, 1.82) is 0 Å². The van der Waals surface area contributed by atoms with Crippen LogP contribution in [-0.4, -0.2) is 9.97 Å². The average Bonchev–Trinajstić information content (AvgIpc) is 2.42. The first-order chi connectivity index (χ1) is 9.11. The summed E-state index contributed by atoms with van der Waals surface area (Å²) >= 11 is 3.43. The Balaban J connectivity index is 2.19. The van der Waals surface area contributed by atoms with Crippen LogP contribution in [-0.2, 0) is 0 Å². The number of nitrogens with zero attached hydrogens (tertiary/aromatic N) is 2. The van der Waals surface area contributed by atoms with Crippen molar-refractivity contribution >= 4 is 27.6 Å². The molecule has 0 aliphatic carbocycles. The molecule has 0 fully saturated rings. The molecule has 1 unspecified atom stereocenters. The lowest BCUT2D eigenvalue weighted by Crippen LogP contribution is -2.14. The molecule has 2 rings (SSSR count). The van der Waals surface area contributed by atoms with E-state index in [-0.39, 0.29) is 6.04 Å². The smallest absolute Gasteiger partial charge is 0.148 e. The van der Waals surface area contributed by atoms with E-state index in [1.807, 2.05) is 19.1 Å². The van der Waals surface area contributed by atoms with Gasteiger partial charge in [0.05, 0.1) is 0 Å². The summed E-state index contributed by atoms with van der Waals surface area (Å²) in [6.07, 6.45) is 1.48. The van der Waals surface area contributed by atoms with Gasteiger partial charge in [-0.25, -0.2) is 15.8 Å². The van der Waals surface area contributed by atoms with Crippen molar-refractivity contribution < 1.29 is 0 Å². The third-order valence-electron chi connectivity index (χ3n) is 2.94. The van der Waals surface area contributed by atoms with Crippen LogP contribution in [0.4, 0.5) is 11.6 Å². The van der Waals surface area contributed by atoms with Gasteiger partial charge in [-0.15, -0.1) is 0 Å². The number of nitrogens with one attached hydrogen (secondary N) is 2. The number of halogens is 1. The van der Waals surface area contributed by atoms with E-state index in [0.717, 1.165) is 15.9 Å². The van der Waals surface area contributed by atoms with Crippen molar-refractivity contribution in [2.75, 3.05) is 10.7 Å². The average molecular weight is 322 g/mol. The molecule has 6 heteroatoms. The molecule has 100 valence electrons. The monoisotopic (exact) mass is 321 g/mol. The number of nitrogen functional groups attached to an aromatic ring is 1. The van der Waals surface area contributed by atoms with Crippen molar-refractivity contribution in [2.45, 2.75) is 19.9 Å². The Bertz CT molecular complexity index is 555. The molecule has 1 aromatic carbocycles. The van der Waals surface area contributed by atoms with Crippen LogP contribution in [0.2, 0.25) is 0 Å². The molecule has 4 N–H and O–H groups in total. The van der Waals surface area contributed by atoms with Gasteiger partial charge in [0.1, 0.15) is 18.0 Å². The molecule has 1 heterocycles. The van der Waals surface area contributed by atoms with Gasteiger partial charge in [-0.05, 0) is 31.5 Å². The van der Waals surface area contributed by atoms with Crippen molar-refractivity contribution in [3.05, 3.63) is 46.2 Å². The molecule has 2 aromatic rings. The number of anilines is 2. The number of aromatic nitrogens is 2. The highest BCUT2D eigenvalue weighted by Crippen LogP contribution is 2.23. The molecule has 0 amide bonds. The molecule has 1 aromatic heterocycles. The quantitative estimate of drug-likeness (QED) is 0.596. The summed E-state index contributed by atoms with van der Waals surface area (Å²) in [7, 11) is 0. The molecule has 5 nitrogen and oxygen atoms in total. The van der Waals surface area contributed by atoms with Gasteiger partial charge < -0.3 is 10.7 Å². The fourth-order valence-corrected chi connectivity index (χ4v) is 2.05. The largest absolute Gasteiger partial charge is 0.363 e. The second-order valence-electron chi connectivity index (χ2n) is 4.26. The highest BCUT2D eigenvalue weighted by Gasteiger charge is 2.10. The number of rotatable bonds is 4. The van der Waals surface area contributed by atoms with Crippen LogP contribution < -0.4 is 16.6 Å².